The van der Waals surface area contributed by atoms with Gasteiger partial charge in [-0.05, 0) is 34.7 Å². The molecule has 0 aliphatic rings. The smallest absolute Gasteiger partial charge is 0.334 e. The van der Waals surface area contributed by atoms with Crippen LogP contribution in [0.3, 0.4) is 0 Å². The van der Waals surface area contributed by atoms with Gasteiger partial charge in [0.25, 0.3) is 5.89 Å². The molecule has 3 aromatic carbocycles. The zero-order valence-electron chi connectivity index (χ0n) is 20.2. The maximum Gasteiger partial charge on any atom is 0.434 e. The quantitative estimate of drug-likeness (QED) is 0.229. The Bertz CT molecular complexity index is 1570. The first-order valence-electron chi connectivity index (χ1n) is 11.6. The van der Waals surface area contributed by atoms with E-state index in [2.05, 4.69) is 29.0 Å². The summed E-state index contributed by atoms with van der Waals surface area (Å²) in [5, 5.41) is 3.96. The van der Waals surface area contributed by atoms with E-state index in [4.69, 9.17) is 4.52 Å². The van der Waals surface area contributed by atoms with Crippen molar-refractivity contribution < 1.29 is 22.1 Å². The maximum absolute atomic E-state index is 15.1. The van der Waals surface area contributed by atoms with Crippen molar-refractivity contribution >= 4 is 0 Å². The van der Waals surface area contributed by atoms with Crippen LogP contribution in [-0.2, 0) is 13.2 Å². The molecule has 0 amide bonds. The van der Waals surface area contributed by atoms with Gasteiger partial charge in [0, 0.05) is 24.4 Å². The van der Waals surface area contributed by atoms with Crippen LogP contribution in [0.15, 0.2) is 77.4 Å². The highest BCUT2D eigenvalue weighted by atomic mass is 19.4. The predicted molar refractivity (Wildman–Crippen MR) is 132 cm³/mol. The summed E-state index contributed by atoms with van der Waals surface area (Å²) >= 11 is 0. The first-order chi connectivity index (χ1) is 17.6. The predicted octanol–water partition coefficient (Wildman–Crippen LogP) is 7.75. The summed E-state index contributed by atoms with van der Waals surface area (Å²) in [5.41, 5.74) is 3.11. The highest BCUT2D eigenvalue weighted by molar-refractivity contribution is 5.72. The minimum Gasteiger partial charge on any atom is -0.334 e. The molecule has 0 bridgehead atoms. The van der Waals surface area contributed by atoms with Crippen molar-refractivity contribution in [3.63, 3.8) is 0 Å². The van der Waals surface area contributed by atoms with E-state index < -0.39 is 17.7 Å². The van der Waals surface area contributed by atoms with E-state index in [0.717, 1.165) is 22.9 Å². The Morgan fingerprint density at radius 3 is 2.16 bits per heavy atom. The normalized spacial score (nSPS) is 11.9. The summed E-state index contributed by atoms with van der Waals surface area (Å²) in [7, 11) is 1.50. The Morgan fingerprint density at radius 1 is 0.838 bits per heavy atom. The van der Waals surface area contributed by atoms with Crippen molar-refractivity contribution in [2.24, 2.45) is 7.05 Å². The van der Waals surface area contributed by atoms with Crippen LogP contribution >= 0.6 is 0 Å². The third-order valence-electron chi connectivity index (χ3n) is 6.09. The topological polar surface area (TPSA) is 56.7 Å². The number of alkyl halides is 3. The molecule has 188 valence electrons. The monoisotopic (exact) mass is 506 g/mol. The lowest BCUT2D eigenvalue weighted by atomic mass is 9.92. The van der Waals surface area contributed by atoms with Crippen LogP contribution in [0.2, 0.25) is 0 Å². The standard InChI is InChI=1S/C28H22F4N4O/c1-16(2)20-6-4-5-7-21(20)19-12-13-22(23(29)14-19)27-34-25(35-37-27)17-8-10-18(11-9-17)26-33-24(15-36(26)3)28(30,31)32/h4-16H,1-3H3. The molecule has 0 fully saturated rings. The van der Waals surface area contributed by atoms with Gasteiger partial charge in [0.1, 0.15) is 11.6 Å². The van der Waals surface area contributed by atoms with Crippen LogP contribution in [0, 0.1) is 5.82 Å². The van der Waals surface area contributed by atoms with Gasteiger partial charge in [-0.3, -0.25) is 0 Å². The largest absolute Gasteiger partial charge is 0.434 e. The average molecular weight is 507 g/mol. The lowest BCUT2D eigenvalue weighted by molar-refractivity contribution is -0.140. The SMILES string of the molecule is CC(C)c1ccccc1-c1ccc(-c2nc(-c3ccc(-c4nc(C(F)(F)F)cn4C)cc3)no2)c(F)c1. The average Bonchev–Trinajstić information content (AvgIpc) is 3.51. The van der Waals surface area contributed by atoms with Crippen LogP contribution in [0.4, 0.5) is 17.6 Å². The molecule has 0 unspecified atom stereocenters. The molecule has 2 heterocycles. The third-order valence-corrected chi connectivity index (χ3v) is 6.09. The van der Waals surface area contributed by atoms with Gasteiger partial charge < -0.3 is 9.09 Å². The molecule has 0 aliphatic carbocycles. The van der Waals surface area contributed by atoms with Crippen LogP contribution < -0.4 is 0 Å². The van der Waals surface area contributed by atoms with E-state index >= 15 is 4.39 Å². The van der Waals surface area contributed by atoms with E-state index in [1.807, 2.05) is 30.3 Å². The number of halogens is 4. The van der Waals surface area contributed by atoms with E-state index in [0.29, 0.717) is 11.1 Å². The van der Waals surface area contributed by atoms with Gasteiger partial charge in [-0.2, -0.15) is 18.2 Å². The van der Waals surface area contributed by atoms with Crippen molar-refractivity contribution in [1.29, 1.82) is 0 Å². The Morgan fingerprint density at radius 2 is 1.51 bits per heavy atom. The summed E-state index contributed by atoms with van der Waals surface area (Å²) in [4.78, 5) is 8.03. The van der Waals surface area contributed by atoms with E-state index in [1.54, 1.807) is 30.3 Å². The summed E-state index contributed by atoms with van der Waals surface area (Å²) in [6.45, 7) is 4.18. The zero-order valence-corrected chi connectivity index (χ0v) is 20.2. The number of aryl methyl sites for hydroxylation is 1. The van der Waals surface area contributed by atoms with Gasteiger partial charge in [-0.1, -0.05) is 73.6 Å². The molecule has 5 nitrogen and oxygen atoms in total. The summed E-state index contributed by atoms with van der Waals surface area (Å²) in [5.74, 6) is 0.226. The highest BCUT2D eigenvalue weighted by Gasteiger charge is 2.34. The van der Waals surface area contributed by atoms with Crippen molar-refractivity contribution in [3.8, 4) is 45.4 Å². The molecule has 0 radical (unpaired) electrons. The van der Waals surface area contributed by atoms with Crippen LogP contribution in [0.25, 0.3) is 45.4 Å². The van der Waals surface area contributed by atoms with E-state index in [9.17, 15) is 13.2 Å². The van der Waals surface area contributed by atoms with E-state index in [1.165, 1.54) is 17.7 Å². The van der Waals surface area contributed by atoms with Gasteiger partial charge in [-0.25, -0.2) is 9.37 Å². The van der Waals surface area contributed by atoms with Crippen molar-refractivity contribution in [1.82, 2.24) is 19.7 Å². The Kier molecular flexibility index (Phi) is 6.15. The van der Waals surface area contributed by atoms with Crippen LogP contribution in [0.1, 0.15) is 31.0 Å². The lowest BCUT2D eigenvalue weighted by Crippen LogP contribution is -2.04. The molecule has 2 aromatic heterocycles. The first-order valence-corrected chi connectivity index (χ1v) is 11.6. The molecule has 5 aromatic rings. The Hall–Kier alpha value is -4.27. The second kappa shape index (κ2) is 9.31. The van der Waals surface area contributed by atoms with Gasteiger partial charge in [0.05, 0.1) is 5.56 Å². The first kappa shape index (κ1) is 24.4. The Labute approximate surface area is 210 Å². The fourth-order valence-corrected chi connectivity index (χ4v) is 4.21. The molecule has 37 heavy (non-hydrogen) atoms. The van der Waals surface area contributed by atoms with Gasteiger partial charge >= 0.3 is 6.18 Å². The van der Waals surface area contributed by atoms with Crippen LogP contribution in [-0.4, -0.2) is 19.7 Å². The zero-order chi connectivity index (χ0) is 26.3. The van der Waals surface area contributed by atoms with Crippen molar-refractivity contribution in [2.45, 2.75) is 25.9 Å². The molecule has 0 spiro atoms. The van der Waals surface area contributed by atoms with Crippen molar-refractivity contribution in [3.05, 3.63) is 90.0 Å². The lowest BCUT2D eigenvalue weighted by Gasteiger charge is -2.13. The van der Waals surface area contributed by atoms with E-state index in [-0.39, 0.29) is 29.0 Å². The van der Waals surface area contributed by atoms with Gasteiger partial charge in [-0.15, -0.1) is 0 Å². The molecule has 0 N–H and O–H groups in total. The van der Waals surface area contributed by atoms with Gasteiger partial charge in [0.2, 0.25) is 5.82 Å². The summed E-state index contributed by atoms with van der Waals surface area (Å²) in [6.07, 6.45) is -3.59. The summed E-state index contributed by atoms with van der Waals surface area (Å²) < 4.78 is 60.7. The second-order valence-electron chi connectivity index (χ2n) is 9.00. The molecule has 0 atom stereocenters. The number of rotatable bonds is 5. The second-order valence-corrected chi connectivity index (χ2v) is 9.00. The molecule has 5 rings (SSSR count). The number of benzene rings is 3. The highest BCUT2D eigenvalue weighted by Crippen LogP contribution is 2.34. The minimum absolute atomic E-state index is 0.0270. The minimum atomic E-state index is -4.53. The molecular weight excluding hydrogens is 484 g/mol. The molecule has 0 saturated heterocycles. The Balaban J connectivity index is 1.40. The van der Waals surface area contributed by atoms with Crippen LogP contribution in [0.5, 0.6) is 0 Å². The molecular formula is C28H22F4N4O. The summed E-state index contributed by atoms with van der Waals surface area (Å²) in [6, 6.07) is 19.3. The molecule has 0 aliphatic heterocycles. The number of hydrogen-bond donors (Lipinski definition) is 0. The maximum atomic E-state index is 15.1. The van der Waals surface area contributed by atoms with Crippen molar-refractivity contribution in [2.75, 3.05) is 0 Å². The third kappa shape index (κ3) is 4.76. The number of imidazole rings is 1. The number of nitrogens with zero attached hydrogens (tertiary/aromatic N) is 4. The number of aromatic nitrogens is 4. The van der Waals surface area contributed by atoms with Gasteiger partial charge in [0.15, 0.2) is 5.69 Å². The molecule has 0 saturated carbocycles. The molecule has 9 heteroatoms. The number of hydrogen-bond acceptors (Lipinski definition) is 4. The fraction of sp³-hybridized carbons (Fsp3) is 0.179. The fourth-order valence-electron chi connectivity index (χ4n) is 4.21.